The van der Waals surface area contributed by atoms with Crippen LogP contribution in [0.15, 0.2) is 0 Å². The fraction of sp³-hybridized carbons (Fsp3) is 0. The van der Waals surface area contributed by atoms with E-state index in [0.717, 1.165) is 0 Å². The molecule has 0 aromatic heterocycles. The first-order chi connectivity index (χ1) is 10.4. The molecule has 18 nitrogen and oxygen atoms in total. The Morgan fingerprint density at radius 2 is 0.231 bits per heavy atom. The van der Waals surface area contributed by atoms with Crippen LogP contribution in [0, 0.1) is 0 Å². The smallest absolute Gasteiger partial charge is 1.00 e. The van der Waals surface area contributed by atoms with Crippen LogP contribution in [0.1, 0.15) is 2.85 Å². The van der Waals surface area contributed by atoms with Gasteiger partial charge in [-0.1, -0.05) is 0 Å². The van der Waals surface area contributed by atoms with Gasteiger partial charge in [-0.2, -0.15) is 0 Å². The standard InChI is InChI=1S/6BH3O3.2Na.2H/c6*2-1(3)4;;;;/h6*2-4H;;;;/q;;;;;;2*+1;2*-1. The Balaban J connectivity index is -0.0000000169. The molecular formula is H20B6Na2O18. The van der Waals surface area contributed by atoms with Crippen molar-refractivity contribution in [1.82, 2.24) is 0 Å². The van der Waals surface area contributed by atoms with Crippen molar-refractivity contribution >= 4 is 43.9 Å². The van der Waals surface area contributed by atoms with E-state index in [1.807, 2.05) is 0 Å². The van der Waals surface area contributed by atoms with Crippen molar-refractivity contribution in [2.24, 2.45) is 0 Å². The minimum Gasteiger partial charge on any atom is -1.00 e. The molecule has 0 atom stereocenters. The predicted octanol–water partition coefficient (Wildman–Crippen LogP) is -18.1. The fourth-order valence-corrected chi connectivity index (χ4v) is 0. The van der Waals surface area contributed by atoms with Crippen molar-refractivity contribution in [2.45, 2.75) is 0 Å². The first-order valence-electron chi connectivity index (χ1n) is 4.65. The Morgan fingerprint density at radius 3 is 0.231 bits per heavy atom. The van der Waals surface area contributed by atoms with Gasteiger partial charge in [0.05, 0.1) is 0 Å². The van der Waals surface area contributed by atoms with Gasteiger partial charge in [-0.15, -0.1) is 0 Å². The molecule has 0 rings (SSSR count). The van der Waals surface area contributed by atoms with Gasteiger partial charge in [0, 0.05) is 0 Å². The Labute approximate surface area is 195 Å². The molecule has 26 heteroatoms. The molecule has 18 N–H and O–H groups in total. The summed E-state index contributed by atoms with van der Waals surface area (Å²) in [6.45, 7) is 0. The molecule has 0 aliphatic rings. The third-order valence-electron chi connectivity index (χ3n) is 0. The average Bonchev–Trinajstić information content (AvgIpc) is 2.08. The minimum absolute atomic E-state index is 0. The molecule has 0 unspecified atom stereocenters. The second-order valence-corrected chi connectivity index (χ2v) is 2.08. The van der Waals surface area contributed by atoms with E-state index in [2.05, 4.69) is 0 Å². The number of hydrogen-bond acceptors (Lipinski definition) is 18. The molecule has 0 spiro atoms. The minimum atomic E-state index is -2.17. The summed E-state index contributed by atoms with van der Waals surface area (Å²) in [5.41, 5.74) is 0. The van der Waals surface area contributed by atoms with Crippen LogP contribution < -0.4 is 59.1 Å². The summed E-state index contributed by atoms with van der Waals surface area (Å²) < 4.78 is 0. The van der Waals surface area contributed by atoms with Crippen molar-refractivity contribution in [3.8, 4) is 0 Å². The van der Waals surface area contributed by atoms with Gasteiger partial charge in [-0.05, 0) is 0 Å². The molecule has 0 aromatic rings. The third kappa shape index (κ3) is 5600. The van der Waals surface area contributed by atoms with Gasteiger partial charge in [-0.3, -0.25) is 0 Å². The van der Waals surface area contributed by atoms with Crippen LogP contribution in [0.3, 0.4) is 0 Å². The average molecular weight is 419 g/mol. The van der Waals surface area contributed by atoms with E-state index in [-0.39, 0.29) is 62.0 Å². The maximum Gasteiger partial charge on any atom is 1.00 e. The fourth-order valence-electron chi connectivity index (χ4n) is 0. The Bertz CT molecular complexity index is 115. The van der Waals surface area contributed by atoms with Crippen molar-refractivity contribution in [2.75, 3.05) is 0 Å². The summed E-state index contributed by atoms with van der Waals surface area (Å²) in [6.07, 6.45) is 0. The van der Waals surface area contributed by atoms with Crippen LogP contribution in [0.25, 0.3) is 0 Å². The summed E-state index contributed by atoms with van der Waals surface area (Å²) in [7, 11) is -13.0. The second-order valence-electron chi connectivity index (χ2n) is 2.08. The monoisotopic (exact) mass is 420 g/mol. The van der Waals surface area contributed by atoms with Crippen LogP contribution in [0.2, 0.25) is 0 Å². The molecule has 0 heterocycles. The van der Waals surface area contributed by atoms with E-state index in [9.17, 15) is 0 Å². The van der Waals surface area contributed by atoms with Gasteiger partial charge in [0.25, 0.3) is 0 Å². The van der Waals surface area contributed by atoms with Crippen LogP contribution in [-0.4, -0.2) is 134 Å². The zero-order chi connectivity index (χ0) is 21.5. The first kappa shape index (κ1) is 50.9. The van der Waals surface area contributed by atoms with Gasteiger partial charge < -0.3 is 93.3 Å². The van der Waals surface area contributed by atoms with E-state index < -0.39 is 43.9 Å². The molecule has 0 amide bonds. The molecule has 0 aliphatic carbocycles. The van der Waals surface area contributed by atoms with Crippen molar-refractivity contribution in [3.63, 3.8) is 0 Å². The van der Waals surface area contributed by atoms with Crippen LogP contribution >= 0.6 is 0 Å². The van der Waals surface area contributed by atoms with E-state index in [1.165, 1.54) is 0 Å². The summed E-state index contributed by atoms with van der Waals surface area (Å²) in [5, 5.41) is 129. The summed E-state index contributed by atoms with van der Waals surface area (Å²) in [5.74, 6) is 0. The van der Waals surface area contributed by atoms with Crippen LogP contribution in [0.5, 0.6) is 0 Å². The van der Waals surface area contributed by atoms with E-state index in [4.69, 9.17) is 90.4 Å². The summed E-state index contributed by atoms with van der Waals surface area (Å²) in [6, 6.07) is 0. The number of rotatable bonds is 0. The maximum absolute atomic E-state index is 7.17. The molecule has 0 saturated carbocycles. The second kappa shape index (κ2) is 45.4. The normalized spacial score (nSPS) is 6.23. The van der Waals surface area contributed by atoms with Gasteiger partial charge in [0.15, 0.2) is 0 Å². The number of hydrogen-bond donors (Lipinski definition) is 18. The van der Waals surface area contributed by atoms with Crippen molar-refractivity contribution in [3.05, 3.63) is 0 Å². The van der Waals surface area contributed by atoms with Crippen molar-refractivity contribution in [1.29, 1.82) is 0 Å². The molecular weight excluding hydrogens is 399 g/mol. The zero-order valence-corrected chi connectivity index (χ0v) is 17.5. The van der Waals surface area contributed by atoms with E-state index in [1.54, 1.807) is 0 Å². The quantitative estimate of drug-likeness (QED) is 0.162. The predicted molar refractivity (Wildman–Crippen MR) is 76.7 cm³/mol. The Hall–Kier alpha value is 1.67. The van der Waals surface area contributed by atoms with Crippen LogP contribution in [-0.2, 0) is 0 Å². The first-order valence-corrected chi connectivity index (χ1v) is 4.65. The maximum atomic E-state index is 7.17. The van der Waals surface area contributed by atoms with Gasteiger partial charge in [0.2, 0.25) is 0 Å². The molecule has 0 aromatic carbocycles. The van der Waals surface area contributed by atoms with E-state index in [0.29, 0.717) is 0 Å². The van der Waals surface area contributed by atoms with Crippen LogP contribution in [0.4, 0.5) is 0 Å². The molecule has 0 bridgehead atoms. The molecule has 0 saturated heterocycles. The summed E-state index contributed by atoms with van der Waals surface area (Å²) in [4.78, 5) is 0. The Kier molecular flexibility index (Phi) is 88.9. The topological polar surface area (TPSA) is 364 Å². The molecule has 148 valence electrons. The molecule has 0 aliphatic heterocycles. The SMILES string of the molecule is OB(O)O.OB(O)O.OB(O)O.OB(O)O.OB(O)O.OB(O)O.[H-].[H-].[Na+].[Na+]. The van der Waals surface area contributed by atoms with E-state index >= 15 is 0 Å². The molecule has 0 fully saturated rings. The third-order valence-corrected chi connectivity index (χ3v) is 0. The van der Waals surface area contributed by atoms with Gasteiger partial charge in [-0.25, -0.2) is 0 Å². The Morgan fingerprint density at radius 1 is 0.231 bits per heavy atom. The molecule has 0 radical (unpaired) electrons. The van der Waals surface area contributed by atoms with Gasteiger partial charge in [0.1, 0.15) is 0 Å². The molecule has 26 heavy (non-hydrogen) atoms. The zero-order valence-electron chi connectivity index (χ0n) is 15.5. The largest absolute Gasteiger partial charge is 1.00 e. The van der Waals surface area contributed by atoms with Crippen molar-refractivity contribution < 1.29 is 152 Å². The van der Waals surface area contributed by atoms with Gasteiger partial charge >= 0.3 is 103 Å². The summed E-state index contributed by atoms with van der Waals surface area (Å²) >= 11 is 0.